The van der Waals surface area contributed by atoms with Gasteiger partial charge in [0, 0.05) is 38.6 Å². The molecule has 1 aromatic rings. The van der Waals surface area contributed by atoms with Crippen LogP contribution >= 0.6 is 11.6 Å². The van der Waals surface area contributed by atoms with Gasteiger partial charge in [0.25, 0.3) is 0 Å². The fraction of sp³-hybridized carbons (Fsp3) is 0.643. The van der Waals surface area contributed by atoms with Crippen molar-refractivity contribution in [3.63, 3.8) is 0 Å². The molecule has 1 aliphatic rings. The predicted octanol–water partition coefficient (Wildman–Crippen LogP) is 2.65. The Hall–Kier alpha value is -0.840. The fourth-order valence-corrected chi connectivity index (χ4v) is 2.70. The summed E-state index contributed by atoms with van der Waals surface area (Å²) in [6, 6.07) is 1.90. The van der Waals surface area contributed by atoms with Crippen molar-refractivity contribution < 1.29 is 4.74 Å². The number of rotatable bonds is 5. The lowest BCUT2D eigenvalue weighted by Gasteiger charge is -2.35. The van der Waals surface area contributed by atoms with E-state index in [1.54, 1.807) is 12.4 Å². The van der Waals surface area contributed by atoms with E-state index in [9.17, 15) is 0 Å². The number of aromatic nitrogens is 1. The number of halogens is 1. The number of hydrogen-bond donors (Lipinski definition) is 1. The molecule has 0 saturated carbocycles. The van der Waals surface area contributed by atoms with Crippen LogP contribution in [0.5, 0.6) is 0 Å². The van der Waals surface area contributed by atoms with Crippen molar-refractivity contribution in [3.8, 4) is 0 Å². The molecule has 2 heterocycles. The third kappa shape index (κ3) is 4.64. The van der Waals surface area contributed by atoms with E-state index in [2.05, 4.69) is 29.0 Å². The van der Waals surface area contributed by atoms with Crippen molar-refractivity contribution in [1.29, 1.82) is 0 Å². The second kappa shape index (κ2) is 7.08. The van der Waals surface area contributed by atoms with Gasteiger partial charge in [0.1, 0.15) is 0 Å². The molecule has 4 nitrogen and oxygen atoms in total. The zero-order valence-electron chi connectivity index (χ0n) is 11.6. The molecule has 1 aromatic heterocycles. The average Bonchev–Trinajstić information content (AvgIpc) is 2.35. The minimum atomic E-state index is 0.339. The smallest absolute Gasteiger partial charge is 0.0820 e. The average molecular weight is 284 g/mol. The van der Waals surface area contributed by atoms with Gasteiger partial charge in [-0.25, -0.2) is 0 Å². The van der Waals surface area contributed by atoms with Gasteiger partial charge in [-0.15, -0.1) is 0 Å². The van der Waals surface area contributed by atoms with Crippen molar-refractivity contribution in [3.05, 3.63) is 23.5 Å². The van der Waals surface area contributed by atoms with Crippen molar-refractivity contribution in [2.45, 2.75) is 32.5 Å². The van der Waals surface area contributed by atoms with E-state index in [0.717, 1.165) is 38.3 Å². The second-order valence-electron chi connectivity index (χ2n) is 5.15. The van der Waals surface area contributed by atoms with Crippen molar-refractivity contribution in [2.75, 3.05) is 31.5 Å². The number of morpholine rings is 1. The number of hydrogen-bond acceptors (Lipinski definition) is 4. The van der Waals surface area contributed by atoms with Crippen molar-refractivity contribution in [1.82, 2.24) is 9.88 Å². The van der Waals surface area contributed by atoms with Crippen LogP contribution in [0.15, 0.2) is 18.5 Å². The highest BCUT2D eigenvalue weighted by atomic mass is 35.5. The Labute approximate surface area is 120 Å². The summed E-state index contributed by atoms with van der Waals surface area (Å²) < 4.78 is 5.73. The Morgan fingerprint density at radius 3 is 2.84 bits per heavy atom. The van der Waals surface area contributed by atoms with Gasteiger partial charge in [0.05, 0.1) is 22.9 Å². The summed E-state index contributed by atoms with van der Waals surface area (Å²) in [6.07, 6.45) is 5.19. The number of pyridine rings is 1. The number of nitrogens with one attached hydrogen (secondary N) is 1. The summed E-state index contributed by atoms with van der Waals surface area (Å²) in [7, 11) is 0. The van der Waals surface area contributed by atoms with Crippen molar-refractivity contribution >= 4 is 17.3 Å². The summed E-state index contributed by atoms with van der Waals surface area (Å²) >= 11 is 6.04. The molecule has 19 heavy (non-hydrogen) atoms. The lowest BCUT2D eigenvalue weighted by atomic mass is 10.2. The SMILES string of the molecule is CC1CN(CCCNc2ccncc2Cl)CC(C)O1. The summed E-state index contributed by atoms with van der Waals surface area (Å²) in [6.45, 7) is 8.34. The van der Waals surface area contributed by atoms with Crippen LogP contribution in [0.1, 0.15) is 20.3 Å². The van der Waals surface area contributed by atoms with Crippen LogP contribution in [0.4, 0.5) is 5.69 Å². The lowest BCUT2D eigenvalue weighted by Crippen LogP contribution is -2.45. The van der Waals surface area contributed by atoms with Crippen LogP contribution in [0.3, 0.4) is 0 Å². The number of anilines is 1. The molecule has 2 unspecified atom stereocenters. The van der Waals surface area contributed by atoms with Gasteiger partial charge in [-0.05, 0) is 26.3 Å². The summed E-state index contributed by atoms with van der Waals surface area (Å²) in [5.41, 5.74) is 0.959. The molecule has 1 N–H and O–H groups in total. The standard InChI is InChI=1S/C14H22ClN3O/c1-11-9-18(10-12(2)19-11)7-3-5-17-14-4-6-16-8-13(14)15/h4,6,8,11-12H,3,5,7,9-10H2,1-2H3,(H,16,17). The van der Waals surface area contributed by atoms with Crippen LogP contribution in [-0.2, 0) is 4.74 Å². The number of ether oxygens (including phenoxy) is 1. The monoisotopic (exact) mass is 283 g/mol. The van der Waals surface area contributed by atoms with Gasteiger partial charge in [-0.1, -0.05) is 11.6 Å². The van der Waals surface area contributed by atoms with Crippen LogP contribution in [0.2, 0.25) is 5.02 Å². The van der Waals surface area contributed by atoms with Crippen molar-refractivity contribution in [2.24, 2.45) is 0 Å². The summed E-state index contributed by atoms with van der Waals surface area (Å²) in [4.78, 5) is 6.44. The second-order valence-corrected chi connectivity index (χ2v) is 5.56. The van der Waals surface area contributed by atoms with E-state index in [4.69, 9.17) is 16.3 Å². The van der Waals surface area contributed by atoms with E-state index >= 15 is 0 Å². The predicted molar refractivity (Wildman–Crippen MR) is 78.8 cm³/mol. The van der Waals surface area contributed by atoms with E-state index in [1.807, 2.05) is 6.07 Å². The van der Waals surface area contributed by atoms with Gasteiger partial charge in [-0.3, -0.25) is 9.88 Å². The van der Waals surface area contributed by atoms with Gasteiger partial charge >= 0.3 is 0 Å². The van der Waals surface area contributed by atoms with Gasteiger partial charge < -0.3 is 10.1 Å². The highest BCUT2D eigenvalue weighted by Crippen LogP contribution is 2.19. The Morgan fingerprint density at radius 2 is 2.16 bits per heavy atom. The van der Waals surface area contributed by atoms with E-state index in [0.29, 0.717) is 17.2 Å². The first kappa shape index (κ1) is 14.6. The molecular formula is C14H22ClN3O. The molecule has 0 aromatic carbocycles. The molecule has 1 aliphatic heterocycles. The zero-order chi connectivity index (χ0) is 13.7. The topological polar surface area (TPSA) is 37.4 Å². The normalized spacial score (nSPS) is 24.4. The van der Waals surface area contributed by atoms with Crippen LogP contribution in [-0.4, -0.2) is 48.3 Å². The molecule has 0 aliphatic carbocycles. The molecule has 5 heteroatoms. The highest BCUT2D eigenvalue weighted by Gasteiger charge is 2.21. The van der Waals surface area contributed by atoms with Crippen LogP contribution in [0, 0.1) is 0 Å². The van der Waals surface area contributed by atoms with Crippen LogP contribution < -0.4 is 5.32 Å². The molecule has 0 radical (unpaired) electrons. The first-order valence-corrected chi connectivity index (χ1v) is 7.24. The number of nitrogens with zero attached hydrogens (tertiary/aromatic N) is 2. The Bertz CT molecular complexity index is 392. The molecule has 0 bridgehead atoms. The van der Waals surface area contributed by atoms with E-state index < -0.39 is 0 Å². The molecule has 0 spiro atoms. The van der Waals surface area contributed by atoms with Gasteiger partial charge in [0.2, 0.25) is 0 Å². The zero-order valence-corrected chi connectivity index (χ0v) is 12.4. The van der Waals surface area contributed by atoms with E-state index in [1.165, 1.54) is 0 Å². The maximum atomic E-state index is 6.04. The molecule has 2 atom stereocenters. The third-order valence-corrected chi connectivity index (χ3v) is 3.54. The molecule has 1 saturated heterocycles. The minimum Gasteiger partial charge on any atom is -0.384 e. The first-order valence-electron chi connectivity index (χ1n) is 6.86. The highest BCUT2D eigenvalue weighted by molar-refractivity contribution is 6.33. The minimum absolute atomic E-state index is 0.339. The quantitative estimate of drug-likeness (QED) is 0.843. The molecule has 2 rings (SSSR count). The Kier molecular flexibility index (Phi) is 5.43. The maximum absolute atomic E-state index is 6.04. The first-order chi connectivity index (χ1) is 9.15. The Balaban J connectivity index is 1.68. The fourth-order valence-electron chi connectivity index (χ4n) is 2.51. The van der Waals surface area contributed by atoms with Crippen LogP contribution in [0.25, 0.3) is 0 Å². The molecule has 0 amide bonds. The largest absolute Gasteiger partial charge is 0.384 e. The van der Waals surface area contributed by atoms with E-state index in [-0.39, 0.29) is 0 Å². The lowest BCUT2D eigenvalue weighted by molar-refractivity contribution is -0.0678. The maximum Gasteiger partial charge on any atom is 0.0820 e. The summed E-state index contributed by atoms with van der Waals surface area (Å²) in [5, 5.41) is 4.02. The van der Waals surface area contributed by atoms with Gasteiger partial charge in [0.15, 0.2) is 0 Å². The summed E-state index contributed by atoms with van der Waals surface area (Å²) in [5.74, 6) is 0. The molecule has 106 valence electrons. The molecule has 1 fully saturated rings. The molecular weight excluding hydrogens is 262 g/mol. The Morgan fingerprint density at radius 1 is 1.42 bits per heavy atom. The van der Waals surface area contributed by atoms with Gasteiger partial charge in [-0.2, -0.15) is 0 Å². The third-order valence-electron chi connectivity index (χ3n) is 3.23.